The summed E-state index contributed by atoms with van der Waals surface area (Å²) in [5.74, 6) is -1.62. The maximum absolute atomic E-state index is 11.5. The van der Waals surface area contributed by atoms with E-state index in [9.17, 15) is 14.7 Å². The molecule has 0 saturated heterocycles. The highest BCUT2D eigenvalue weighted by Crippen LogP contribution is 2.48. The molecule has 0 bridgehead atoms. The summed E-state index contributed by atoms with van der Waals surface area (Å²) in [6, 6.07) is 0. The van der Waals surface area contributed by atoms with Crippen LogP contribution in [0, 0.1) is 17.8 Å². The number of carboxylic acid groups (broad SMARTS) is 1. The van der Waals surface area contributed by atoms with E-state index in [1.165, 1.54) is 13.2 Å². The van der Waals surface area contributed by atoms with Crippen LogP contribution in [-0.4, -0.2) is 38.3 Å². The Morgan fingerprint density at radius 1 is 1.32 bits per heavy atom. The minimum Gasteiger partial charge on any atom is -0.478 e. The van der Waals surface area contributed by atoms with E-state index >= 15 is 0 Å². The number of hydrogen-bond acceptors (Lipinski definition) is 5. The Morgan fingerprint density at radius 3 is 2.48 bits per heavy atom. The Balaban J connectivity index is 2.17. The largest absolute Gasteiger partial charge is 0.478 e. The number of carboxylic acids is 1. The summed E-state index contributed by atoms with van der Waals surface area (Å²) >= 11 is 0. The molecule has 7 heteroatoms. The normalized spacial score (nSPS) is 29.4. The van der Waals surface area contributed by atoms with Crippen molar-refractivity contribution in [1.29, 1.82) is 0 Å². The molecule has 1 N–H and O–H groups in total. The fourth-order valence-electron chi connectivity index (χ4n) is 3.41. The zero-order valence-corrected chi connectivity index (χ0v) is 17.0. The molecule has 4 atom stereocenters. The maximum Gasteiger partial charge on any atom is 0.334 e. The quantitative estimate of drug-likeness (QED) is 0.589. The third-order valence-corrected chi connectivity index (χ3v) is 10.4. The fourth-order valence-corrected chi connectivity index (χ4v) is 4.47. The van der Waals surface area contributed by atoms with E-state index in [2.05, 4.69) is 33.9 Å². The lowest BCUT2D eigenvalue weighted by Crippen LogP contribution is -2.44. The first-order chi connectivity index (χ1) is 11.4. The molecule has 4 unspecified atom stereocenters. The molecule has 2 rings (SSSR count). The van der Waals surface area contributed by atoms with Crippen molar-refractivity contribution >= 4 is 20.3 Å². The van der Waals surface area contributed by atoms with Crippen molar-refractivity contribution in [2.24, 2.45) is 17.8 Å². The highest BCUT2D eigenvalue weighted by atomic mass is 28.4. The molecule has 0 aromatic heterocycles. The van der Waals surface area contributed by atoms with E-state index in [0.29, 0.717) is 6.61 Å². The van der Waals surface area contributed by atoms with Gasteiger partial charge in [0.2, 0.25) is 6.29 Å². The molecule has 1 saturated carbocycles. The van der Waals surface area contributed by atoms with Crippen LogP contribution in [0.25, 0.3) is 0 Å². The van der Waals surface area contributed by atoms with Crippen LogP contribution >= 0.6 is 0 Å². The third kappa shape index (κ3) is 4.26. The summed E-state index contributed by atoms with van der Waals surface area (Å²) in [6.07, 6.45) is 2.10. The second kappa shape index (κ2) is 7.11. The number of carbonyl (C=O) groups excluding carboxylic acids is 1. The minimum absolute atomic E-state index is 0.107. The number of aliphatic carboxylic acids is 1. The Bertz CT molecular complexity index is 562. The van der Waals surface area contributed by atoms with Crippen LogP contribution in [0.5, 0.6) is 0 Å². The molecule has 0 amide bonds. The fraction of sp³-hybridized carbons (Fsp3) is 0.778. The van der Waals surface area contributed by atoms with Crippen molar-refractivity contribution in [3.63, 3.8) is 0 Å². The molecule has 1 aliphatic carbocycles. The molecule has 142 valence electrons. The van der Waals surface area contributed by atoms with Gasteiger partial charge in [0.1, 0.15) is 0 Å². The van der Waals surface area contributed by atoms with Gasteiger partial charge in [-0.3, -0.25) is 4.79 Å². The van der Waals surface area contributed by atoms with Gasteiger partial charge < -0.3 is 19.0 Å². The number of ether oxygens (including phenoxy) is 2. The summed E-state index contributed by atoms with van der Waals surface area (Å²) in [4.78, 5) is 22.9. The van der Waals surface area contributed by atoms with Crippen molar-refractivity contribution < 1.29 is 28.6 Å². The van der Waals surface area contributed by atoms with Crippen LogP contribution in [0.2, 0.25) is 18.1 Å². The van der Waals surface area contributed by atoms with Gasteiger partial charge in [-0.2, -0.15) is 0 Å². The van der Waals surface area contributed by atoms with Crippen molar-refractivity contribution in [1.82, 2.24) is 0 Å². The minimum atomic E-state index is -1.90. The number of hydrogen-bond donors (Lipinski definition) is 1. The summed E-state index contributed by atoms with van der Waals surface area (Å²) in [6.45, 7) is 12.8. The first-order valence-electron chi connectivity index (χ1n) is 8.84. The zero-order chi connectivity index (χ0) is 19.0. The van der Waals surface area contributed by atoms with Gasteiger partial charge in [-0.05, 0) is 36.9 Å². The summed E-state index contributed by atoms with van der Waals surface area (Å²) in [7, 11) is -1.90. The first-order valence-corrected chi connectivity index (χ1v) is 11.7. The van der Waals surface area contributed by atoms with Crippen LogP contribution in [-0.2, 0) is 23.5 Å². The summed E-state index contributed by atoms with van der Waals surface area (Å²) < 4.78 is 17.1. The molecule has 1 aliphatic heterocycles. The van der Waals surface area contributed by atoms with E-state index in [0.717, 1.165) is 12.8 Å². The lowest BCUT2D eigenvalue weighted by atomic mass is 9.83. The highest BCUT2D eigenvalue weighted by molar-refractivity contribution is 6.74. The molecule has 0 spiro atoms. The van der Waals surface area contributed by atoms with E-state index in [-0.39, 0.29) is 28.4 Å². The molecule has 0 radical (unpaired) electrons. The van der Waals surface area contributed by atoms with Gasteiger partial charge >= 0.3 is 11.9 Å². The Morgan fingerprint density at radius 2 is 1.96 bits per heavy atom. The smallest absolute Gasteiger partial charge is 0.334 e. The van der Waals surface area contributed by atoms with E-state index in [1.807, 2.05) is 0 Å². The summed E-state index contributed by atoms with van der Waals surface area (Å²) in [5.41, 5.74) is 0.267. The molecule has 1 fully saturated rings. The predicted octanol–water partition coefficient (Wildman–Crippen LogP) is 3.54. The van der Waals surface area contributed by atoms with Crippen molar-refractivity contribution in [3.05, 3.63) is 11.8 Å². The van der Waals surface area contributed by atoms with Crippen LogP contribution in [0.1, 0.15) is 40.5 Å². The second-order valence-electron chi connectivity index (χ2n) is 8.58. The average molecular weight is 371 g/mol. The monoisotopic (exact) mass is 370 g/mol. The van der Waals surface area contributed by atoms with E-state index in [1.54, 1.807) is 0 Å². The zero-order valence-electron chi connectivity index (χ0n) is 16.0. The van der Waals surface area contributed by atoms with Gasteiger partial charge in [0.25, 0.3) is 0 Å². The summed E-state index contributed by atoms with van der Waals surface area (Å²) in [5, 5.41) is 9.53. The van der Waals surface area contributed by atoms with Crippen LogP contribution in [0.4, 0.5) is 0 Å². The Kier molecular flexibility index (Phi) is 5.68. The lowest BCUT2D eigenvalue weighted by molar-refractivity contribution is -0.187. The number of rotatable bonds is 5. The average Bonchev–Trinajstić information content (AvgIpc) is 2.87. The van der Waals surface area contributed by atoms with E-state index < -0.39 is 26.5 Å². The third-order valence-electron chi connectivity index (χ3n) is 5.89. The Hall–Kier alpha value is -1.34. The van der Waals surface area contributed by atoms with Gasteiger partial charge in [-0.25, -0.2) is 4.79 Å². The molecular formula is C18H30O6Si. The highest BCUT2D eigenvalue weighted by Gasteiger charge is 2.50. The van der Waals surface area contributed by atoms with Crippen molar-refractivity contribution in [2.45, 2.75) is 65.0 Å². The number of fused-ring (bicyclic) bond motifs is 1. The number of carbonyl (C=O) groups is 2. The molecule has 25 heavy (non-hydrogen) atoms. The topological polar surface area (TPSA) is 82.1 Å². The van der Waals surface area contributed by atoms with Crippen LogP contribution in [0.15, 0.2) is 11.8 Å². The van der Waals surface area contributed by atoms with Crippen molar-refractivity contribution in [3.8, 4) is 0 Å². The molecule has 0 aromatic carbocycles. The van der Waals surface area contributed by atoms with Crippen LogP contribution < -0.4 is 0 Å². The van der Waals surface area contributed by atoms with Gasteiger partial charge in [0.15, 0.2) is 8.32 Å². The predicted molar refractivity (Wildman–Crippen MR) is 95.2 cm³/mol. The van der Waals surface area contributed by atoms with Gasteiger partial charge in [0, 0.05) is 25.4 Å². The first kappa shape index (κ1) is 20.0. The maximum atomic E-state index is 11.5. The van der Waals surface area contributed by atoms with E-state index in [4.69, 9.17) is 13.9 Å². The van der Waals surface area contributed by atoms with Gasteiger partial charge in [-0.1, -0.05) is 20.8 Å². The van der Waals surface area contributed by atoms with Gasteiger partial charge in [-0.15, -0.1) is 0 Å². The Labute approximate surface area is 150 Å². The van der Waals surface area contributed by atoms with Crippen LogP contribution in [0.3, 0.4) is 0 Å². The molecule has 6 nitrogen and oxygen atoms in total. The molecule has 2 aliphatic rings. The standard InChI is InChI=1S/C18H30O6Si/c1-11(19)24-17-15-12(9-23-25(5,6)18(2,3)4)7-8-13(15)14(10-22-17)16(20)21/h10,12-13,15,17H,7-9H2,1-6H3,(H,20,21). The molecule has 0 aromatic rings. The van der Waals surface area contributed by atoms with Crippen molar-refractivity contribution in [2.75, 3.05) is 6.61 Å². The number of esters is 1. The second-order valence-corrected chi connectivity index (χ2v) is 13.4. The SMILES string of the molecule is CC(=O)OC1OC=C(C(=O)O)C2CCC(CO[Si](C)(C)C(C)(C)C)C12. The molecular weight excluding hydrogens is 340 g/mol. The molecule has 1 heterocycles. The van der Waals surface area contributed by atoms with Gasteiger partial charge in [0.05, 0.1) is 11.8 Å². The lowest BCUT2D eigenvalue weighted by Gasteiger charge is -2.39.